The number of nitro groups is 1. The van der Waals surface area contributed by atoms with Crippen LogP contribution < -0.4 is 10.2 Å². The highest BCUT2D eigenvalue weighted by Gasteiger charge is 2.38. The van der Waals surface area contributed by atoms with Gasteiger partial charge in [0.1, 0.15) is 11.4 Å². The summed E-state index contributed by atoms with van der Waals surface area (Å²) < 4.78 is 46.1. The number of para-hydroxylation sites is 1. The third-order valence-corrected chi connectivity index (χ3v) is 7.57. The van der Waals surface area contributed by atoms with Crippen molar-refractivity contribution in [2.45, 2.75) is 50.2 Å². The molecule has 40 heavy (non-hydrogen) atoms. The van der Waals surface area contributed by atoms with E-state index in [-0.39, 0.29) is 17.8 Å². The molecule has 1 saturated carbocycles. The number of rotatable bonds is 8. The van der Waals surface area contributed by atoms with E-state index in [1.165, 1.54) is 6.07 Å². The van der Waals surface area contributed by atoms with E-state index in [0.717, 1.165) is 35.1 Å². The first-order valence-corrected chi connectivity index (χ1v) is 13.3. The van der Waals surface area contributed by atoms with Crippen molar-refractivity contribution < 1.29 is 27.6 Å². The standard InChI is InChI=1S/C28H30F3N5O4/c29-28(30,31)23-17-21(8-11-25(23)36(38)39)32-20-6-9-22(10-7-20)40-27(18-37)35-15-13-34(14-16-35)26-12-5-19-3-1-2-4-24(19)33-26/h1-5,8,11-12,17-18,20,22,27,32H,6-7,9-10,13-16H2. The van der Waals surface area contributed by atoms with E-state index in [1.807, 2.05) is 35.2 Å². The summed E-state index contributed by atoms with van der Waals surface area (Å²) in [5.74, 6) is 0.906. The maximum atomic E-state index is 13.3. The van der Waals surface area contributed by atoms with Crippen molar-refractivity contribution in [1.82, 2.24) is 9.88 Å². The van der Waals surface area contributed by atoms with Gasteiger partial charge in [-0.2, -0.15) is 13.2 Å². The predicted octanol–water partition coefficient (Wildman–Crippen LogP) is 5.25. The average Bonchev–Trinajstić information content (AvgIpc) is 2.96. The van der Waals surface area contributed by atoms with E-state index in [0.29, 0.717) is 51.9 Å². The van der Waals surface area contributed by atoms with Gasteiger partial charge in [-0.25, -0.2) is 4.98 Å². The molecule has 2 heterocycles. The monoisotopic (exact) mass is 557 g/mol. The number of benzene rings is 2. The third kappa shape index (κ3) is 6.34. The number of piperazine rings is 1. The number of nitrogens with one attached hydrogen (secondary N) is 1. The predicted molar refractivity (Wildman–Crippen MR) is 144 cm³/mol. The van der Waals surface area contributed by atoms with Gasteiger partial charge in [0.2, 0.25) is 0 Å². The Labute approximate surface area is 229 Å². The molecule has 1 N–H and O–H groups in total. The molecule has 1 atom stereocenters. The van der Waals surface area contributed by atoms with Crippen LogP contribution in [0.25, 0.3) is 10.9 Å². The van der Waals surface area contributed by atoms with Crippen LogP contribution in [-0.2, 0) is 15.7 Å². The second-order valence-corrected chi connectivity index (χ2v) is 10.2. The van der Waals surface area contributed by atoms with Crippen LogP contribution in [0.2, 0.25) is 0 Å². The maximum Gasteiger partial charge on any atom is 0.423 e. The Kier molecular flexibility index (Phi) is 8.17. The number of aldehydes is 1. The number of anilines is 2. The topological polar surface area (TPSA) is 101 Å². The number of carbonyl (C=O) groups excluding carboxylic acids is 1. The summed E-state index contributed by atoms with van der Waals surface area (Å²) in [6, 6.07) is 14.9. The second kappa shape index (κ2) is 11.8. The first-order chi connectivity index (χ1) is 19.2. The largest absolute Gasteiger partial charge is 0.423 e. The minimum atomic E-state index is -4.83. The van der Waals surface area contributed by atoms with Crippen LogP contribution in [0.5, 0.6) is 0 Å². The highest BCUT2D eigenvalue weighted by molar-refractivity contribution is 5.80. The molecule has 1 aromatic heterocycles. The zero-order valence-corrected chi connectivity index (χ0v) is 21.7. The molecule has 12 heteroatoms. The summed E-state index contributed by atoms with van der Waals surface area (Å²) in [6.45, 7) is 2.72. The van der Waals surface area contributed by atoms with E-state index in [2.05, 4.69) is 16.3 Å². The quantitative estimate of drug-likeness (QED) is 0.228. The number of carbonyl (C=O) groups is 1. The van der Waals surface area contributed by atoms with E-state index < -0.39 is 28.6 Å². The van der Waals surface area contributed by atoms with Gasteiger partial charge in [0, 0.05) is 49.4 Å². The van der Waals surface area contributed by atoms with Gasteiger partial charge >= 0.3 is 6.18 Å². The van der Waals surface area contributed by atoms with Crippen LogP contribution in [0.1, 0.15) is 31.2 Å². The first-order valence-electron chi connectivity index (χ1n) is 13.3. The number of halogens is 3. The third-order valence-electron chi connectivity index (χ3n) is 7.57. The lowest BCUT2D eigenvalue weighted by atomic mass is 9.92. The fourth-order valence-electron chi connectivity index (χ4n) is 5.43. The number of fused-ring (bicyclic) bond motifs is 1. The summed E-state index contributed by atoms with van der Waals surface area (Å²) in [5, 5.41) is 15.2. The summed E-state index contributed by atoms with van der Waals surface area (Å²) in [6.07, 6.45) is -2.26. The number of aromatic nitrogens is 1. The zero-order valence-electron chi connectivity index (χ0n) is 21.7. The smallest absolute Gasteiger partial charge is 0.382 e. The molecule has 0 bridgehead atoms. The molecule has 1 aliphatic heterocycles. The Bertz CT molecular complexity index is 1360. The summed E-state index contributed by atoms with van der Waals surface area (Å²) >= 11 is 0. The molecule has 212 valence electrons. The van der Waals surface area contributed by atoms with E-state index in [4.69, 9.17) is 9.72 Å². The second-order valence-electron chi connectivity index (χ2n) is 10.2. The van der Waals surface area contributed by atoms with Crippen molar-refractivity contribution in [3.63, 3.8) is 0 Å². The van der Waals surface area contributed by atoms with Gasteiger partial charge in [-0.1, -0.05) is 18.2 Å². The molecular weight excluding hydrogens is 527 g/mol. The van der Waals surface area contributed by atoms with Gasteiger partial charge < -0.3 is 15.0 Å². The molecule has 5 rings (SSSR count). The number of hydrogen-bond donors (Lipinski definition) is 1. The highest BCUT2D eigenvalue weighted by atomic mass is 19.4. The van der Waals surface area contributed by atoms with Crippen molar-refractivity contribution >= 4 is 34.4 Å². The molecule has 1 unspecified atom stereocenters. The lowest BCUT2D eigenvalue weighted by molar-refractivity contribution is -0.388. The first kappa shape index (κ1) is 27.8. The number of hydrogen-bond acceptors (Lipinski definition) is 8. The van der Waals surface area contributed by atoms with Gasteiger partial charge in [-0.15, -0.1) is 0 Å². The Hall–Kier alpha value is -3.77. The minimum absolute atomic E-state index is 0.102. The van der Waals surface area contributed by atoms with Gasteiger partial charge in [0.25, 0.3) is 5.69 Å². The Morgan fingerprint density at radius 1 is 1.02 bits per heavy atom. The number of nitro benzene ring substituents is 1. The van der Waals surface area contributed by atoms with Crippen molar-refractivity contribution in [1.29, 1.82) is 0 Å². The molecule has 0 radical (unpaired) electrons. The van der Waals surface area contributed by atoms with E-state index in [1.54, 1.807) is 0 Å². The molecule has 2 aromatic carbocycles. The average molecular weight is 558 g/mol. The van der Waals surface area contributed by atoms with E-state index in [9.17, 15) is 28.1 Å². The lowest BCUT2D eigenvalue weighted by Gasteiger charge is -2.39. The number of nitrogens with zero attached hydrogens (tertiary/aromatic N) is 4. The van der Waals surface area contributed by atoms with Gasteiger partial charge in [0.05, 0.1) is 16.5 Å². The van der Waals surface area contributed by atoms with Gasteiger partial charge in [0.15, 0.2) is 12.5 Å². The molecular formula is C28H30F3N5O4. The fraction of sp³-hybridized carbons (Fsp3) is 0.429. The van der Waals surface area contributed by atoms with Crippen LogP contribution in [0.4, 0.5) is 30.4 Å². The summed E-state index contributed by atoms with van der Waals surface area (Å²) in [7, 11) is 0. The van der Waals surface area contributed by atoms with Crippen molar-refractivity contribution in [3.8, 4) is 0 Å². The van der Waals surface area contributed by atoms with Crippen LogP contribution in [0, 0.1) is 10.1 Å². The Balaban J connectivity index is 1.11. The lowest BCUT2D eigenvalue weighted by Crippen LogP contribution is -2.53. The normalized spacial score (nSPS) is 21.2. The Morgan fingerprint density at radius 3 is 2.42 bits per heavy atom. The van der Waals surface area contributed by atoms with Crippen molar-refractivity contribution in [3.05, 3.63) is 70.3 Å². The van der Waals surface area contributed by atoms with Crippen LogP contribution in [0.15, 0.2) is 54.6 Å². The summed E-state index contributed by atoms with van der Waals surface area (Å²) in [5.41, 5.74) is -1.11. The number of ether oxygens (including phenoxy) is 1. The van der Waals surface area contributed by atoms with Crippen LogP contribution in [-0.4, -0.2) is 65.6 Å². The molecule has 2 fully saturated rings. The SMILES string of the molecule is O=CC(OC1CCC(Nc2ccc([N+](=O)[O-])c(C(F)(F)F)c2)CC1)N1CCN(c2ccc3ccccc3n2)CC1. The van der Waals surface area contributed by atoms with Crippen molar-refractivity contribution in [2.75, 3.05) is 36.4 Å². The van der Waals surface area contributed by atoms with Crippen molar-refractivity contribution in [2.24, 2.45) is 0 Å². The number of alkyl halides is 3. The van der Waals surface area contributed by atoms with Gasteiger partial charge in [-0.3, -0.25) is 19.8 Å². The van der Waals surface area contributed by atoms with Crippen LogP contribution in [0.3, 0.4) is 0 Å². The fourth-order valence-corrected chi connectivity index (χ4v) is 5.43. The molecule has 3 aromatic rings. The zero-order chi connectivity index (χ0) is 28.3. The minimum Gasteiger partial charge on any atom is -0.382 e. The molecule has 0 amide bonds. The molecule has 1 saturated heterocycles. The highest BCUT2D eigenvalue weighted by Crippen LogP contribution is 2.38. The number of pyridine rings is 1. The molecule has 2 aliphatic rings. The van der Waals surface area contributed by atoms with Crippen LogP contribution >= 0.6 is 0 Å². The molecule has 0 spiro atoms. The Morgan fingerprint density at radius 2 is 1.75 bits per heavy atom. The van der Waals surface area contributed by atoms with E-state index >= 15 is 0 Å². The van der Waals surface area contributed by atoms with Gasteiger partial charge in [-0.05, 0) is 56.0 Å². The summed E-state index contributed by atoms with van der Waals surface area (Å²) in [4.78, 5) is 30.9. The molecule has 9 nitrogen and oxygen atoms in total. The molecule has 1 aliphatic carbocycles. The maximum absolute atomic E-state index is 13.3.